The summed E-state index contributed by atoms with van der Waals surface area (Å²) in [4.78, 5) is 9.48. The Morgan fingerprint density at radius 3 is 2.40 bits per heavy atom. The highest BCUT2D eigenvalue weighted by molar-refractivity contribution is 6.30. The van der Waals surface area contributed by atoms with Gasteiger partial charge >= 0.3 is 6.18 Å². The fourth-order valence-electron chi connectivity index (χ4n) is 2.75. The Morgan fingerprint density at radius 1 is 1.16 bits per heavy atom. The molecule has 1 aromatic heterocycles. The molecule has 0 unspecified atom stereocenters. The van der Waals surface area contributed by atoms with E-state index in [4.69, 9.17) is 16.3 Å². The van der Waals surface area contributed by atoms with E-state index in [-0.39, 0.29) is 12.1 Å². The van der Waals surface area contributed by atoms with Crippen molar-refractivity contribution in [1.82, 2.24) is 9.97 Å². The average Bonchev–Trinajstić information content (AvgIpc) is 3.07. The third kappa shape index (κ3) is 4.15. The number of benzene rings is 1. The molecule has 2 aromatic rings. The van der Waals surface area contributed by atoms with Gasteiger partial charge in [0.05, 0.1) is 0 Å². The van der Waals surface area contributed by atoms with Crippen LogP contribution >= 0.6 is 11.6 Å². The Bertz CT molecular complexity index is 731. The van der Waals surface area contributed by atoms with Gasteiger partial charge in [-0.25, -0.2) is 4.98 Å². The molecule has 0 amide bonds. The largest absolute Gasteiger partial charge is 0.474 e. The maximum absolute atomic E-state index is 13.2. The fourth-order valence-corrected chi connectivity index (χ4v) is 2.87. The minimum atomic E-state index is -4.56. The van der Waals surface area contributed by atoms with Crippen molar-refractivity contribution in [2.45, 2.75) is 38.0 Å². The van der Waals surface area contributed by atoms with Crippen molar-refractivity contribution in [3.63, 3.8) is 0 Å². The molecule has 3 rings (SSSR count). The lowest BCUT2D eigenvalue weighted by atomic mass is 10.3. The topological polar surface area (TPSA) is 38.2 Å². The number of hydrogen-bond donors (Lipinski definition) is 0. The van der Waals surface area contributed by atoms with Crippen LogP contribution in [0.2, 0.25) is 5.02 Å². The van der Waals surface area contributed by atoms with Gasteiger partial charge in [0.15, 0.2) is 0 Å². The van der Waals surface area contributed by atoms with Crippen LogP contribution in [0, 0.1) is 0 Å². The number of rotatable bonds is 4. The van der Waals surface area contributed by atoms with E-state index in [1.165, 1.54) is 0 Å². The predicted molar refractivity (Wildman–Crippen MR) is 89.4 cm³/mol. The molecule has 0 spiro atoms. The molecule has 1 aromatic carbocycles. The first kappa shape index (κ1) is 17.8. The van der Waals surface area contributed by atoms with E-state index >= 15 is 0 Å². The molecule has 0 radical (unpaired) electrons. The molecule has 0 atom stereocenters. The van der Waals surface area contributed by atoms with Crippen LogP contribution in [-0.2, 0) is 6.18 Å². The van der Waals surface area contributed by atoms with Crippen LogP contribution in [0.1, 0.15) is 31.2 Å². The van der Waals surface area contributed by atoms with Gasteiger partial charge in [-0.2, -0.15) is 18.2 Å². The van der Waals surface area contributed by atoms with Crippen LogP contribution in [0.5, 0.6) is 5.88 Å². The molecule has 0 saturated heterocycles. The molecule has 0 aliphatic heterocycles. The van der Waals surface area contributed by atoms with E-state index < -0.39 is 17.6 Å². The van der Waals surface area contributed by atoms with E-state index in [0.29, 0.717) is 10.7 Å². The summed E-state index contributed by atoms with van der Waals surface area (Å²) in [6, 6.07) is 6.85. The van der Waals surface area contributed by atoms with Gasteiger partial charge < -0.3 is 9.64 Å². The summed E-state index contributed by atoms with van der Waals surface area (Å²) < 4.78 is 45.3. The van der Waals surface area contributed by atoms with Crippen molar-refractivity contribution in [1.29, 1.82) is 0 Å². The van der Waals surface area contributed by atoms with E-state index in [0.717, 1.165) is 31.9 Å². The summed E-state index contributed by atoms with van der Waals surface area (Å²) in [5, 5.41) is 0.566. The number of aromatic nitrogens is 2. The van der Waals surface area contributed by atoms with Crippen molar-refractivity contribution >= 4 is 23.2 Å². The highest BCUT2D eigenvalue weighted by atomic mass is 35.5. The molecule has 1 aliphatic rings. The minimum absolute atomic E-state index is 0.128. The third-order valence-corrected chi connectivity index (χ3v) is 4.39. The van der Waals surface area contributed by atoms with Gasteiger partial charge in [-0.3, -0.25) is 0 Å². The van der Waals surface area contributed by atoms with Gasteiger partial charge in [-0.15, -0.1) is 0 Å². The second kappa shape index (κ2) is 7.07. The lowest BCUT2D eigenvalue weighted by Gasteiger charge is -2.21. The van der Waals surface area contributed by atoms with E-state index in [2.05, 4.69) is 9.97 Å². The molecule has 1 saturated carbocycles. The lowest BCUT2D eigenvalue weighted by Crippen LogP contribution is -2.20. The SMILES string of the molecule is CN(c1ccc(Cl)cc1)c1ncc(C(F)(F)F)c(OC2CCCC2)n1. The zero-order valence-corrected chi connectivity index (χ0v) is 14.3. The molecule has 25 heavy (non-hydrogen) atoms. The Labute approximate surface area is 148 Å². The lowest BCUT2D eigenvalue weighted by molar-refractivity contribution is -0.139. The molecule has 0 bridgehead atoms. The summed E-state index contributed by atoms with van der Waals surface area (Å²) in [5.74, 6) is -0.284. The Morgan fingerprint density at radius 2 is 1.80 bits per heavy atom. The second-order valence-electron chi connectivity index (χ2n) is 5.95. The summed E-state index contributed by atoms with van der Waals surface area (Å²) in [5.41, 5.74) is -0.247. The monoisotopic (exact) mass is 371 g/mol. The van der Waals surface area contributed by atoms with Crippen LogP contribution in [0.4, 0.5) is 24.8 Å². The molecule has 1 heterocycles. The van der Waals surface area contributed by atoms with E-state index in [1.807, 2.05) is 0 Å². The molecular formula is C17H17ClF3N3O. The average molecular weight is 372 g/mol. The first-order valence-corrected chi connectivity index (χ1v) is 8.32. The van der Waals surface area contributed by atoms with Crippen molar-refractivity contribution in [3.05, 3.63) is 41.0 Å². The predicted octanol–water partition coefficient (Wildman–Crippen LogP) is 5.24. The molecule has 1 aliphatic carbocycles. The Kier molecular flexibility index (Phi) is 5.03. The zero-order chi connectivity index (χ0) is 18.0. The van der Waals surface area contributed by atoms with Crippen molar-refractivity contribution in [2.24, 2.45) is 0 Å². The van der Waals surface area contributed by atoms with Gasteiger partial charge in [0, 0.05) is 24.0 Å². The first-order chi connectivity index (χ1) is 11.8. The molecule has 0 N–H and O–H groups in total. The Balaban J connectivity index is 1.93. The maximum atomic E-state index is 13.2. The van der Waals surface area contributed by atoms with Crippen LogP contribution < -0.4 is 9.64 Å². The van der Waals surface area contributed by atoms with Gasteiger partial charge in [0.2, 0.25) is 11.8 Å². The van der Waals surface area contributed by atoms with Gasteiger partial charge in [-0.1, -0.05) is 11.6 Å². The van der Waals surface area contributed by atoms with Crippen molar-refractivity contribution in [2.75, 3.05) is 11.9 Å². The molecular weight excluding hydrogens is 355 g/mol. The molecule has 134 valence electrons. The standard InChI is InChI=1S/C17H17ClF3N3O/c1-24(12-8-6-11(18)7-9-12)16-22-10-14(17(19,20)21)15(23-16)25-13-4-2-3-5-13/h6-10,13H,2-5H2,1H3. The van der Waals surface area contributed by atoms with Crippen molar-refractivity contribution < 1.29 is 17.9 Å². The highest BCUT2D eigenvalue weighted by Gasteiger charge is 2.37. The van der Waals surface area contributed by atoms with Crippen LogP contribution in [0.3, 0.4) is 0 Å². The zero-order valence-electron chi connectivity index (χ0n) is 13.6. The van der Waals surface area contributed by atoms with Crippen LogP contribution in [-0.4, -0.2) is 23.1 Å². The van der Waals surface area contributed by atoms with E-state index in [9.17, 15) is 13.2 Å². The van der Waals surface area contributed by atoms with Gasteiger partial charge in [0.25, 0.3) is 0 Å². The normalized spacial score (nSPS) is 15.4. The number of nitrogens with zero attached hydrogens (tertiary/aromatic N) is 3. The summed E-state index contributed by atoms with van der Waals surface area (Å²) in [6.45, 7) is 0. The first-order valence-electron chi connectivity index (χ1n) is 7.95. The smallest absolute Gasteiger partial charge is 0.423 e. The number of anilines is 2. The molecule has 1 fully saturated rings. The fraction of sp³-hybridized carbons (Fsp3) is 0.412. The summed E-state index contributed by atoms with van der Waals surface area (Å²) in [6.07, 6.45) is -0.634. The van der Waals surface area contributed by atoms with E-state index in [1.54, 1.807) is 36.2 Å². The maximum Gasteiger partial charge on any atom is 0.423 e. The summed E-state index contributed by atoms with van der Waals surface area (Å²) >= 11 is 5.86. The highest BCUT2D eigenvalue weighted by Crippen LogP contribution is 2.37. The Hall–Kier alpha value is -2.02. The summed E-state index contributed by atoms with van der Waals surface area (Å²) in [7, 11) is 1.67. The second-order valence-corrected chi connectivity index (χ2v) is 6.38. The third-order valence-electron chi connectivity index (χ3n) is 4.14. The van der Waals surface area contributed by atoms with Gasteiger partial charge in [0.1, 0.15) is 11.7 Å². The minimum Gasteiger partial charge on any atom is -0.474 e. The number of ether oxygens (including phenoxy) is 1. The number of hydrogen-bond acceptors (Lipinski definition) is 4. The van der Waals surface area contributed by atoms with Crippen LogP contribution in [0.15, 0.2) is 30.5 Å². The number of halogens is 4. The molecule has 8 heteroatoms. The number of alkyl halides is 3. The van der Waals surface area contributed by atoms with Crippen molar-refractivity contribution in [3.8, 4) is 5.88 Å². The van der Waals surface area contributed by atoms with Crippen LogP contribution in [0.25, 0.3) is 0 Å². The van der Waals surface area contributed by atoms with Gasteiger partial charge in [-0.05, 0) is 49.9 Å². The quantitative estimate of drug-likeness (QED) is 0.736. The molecule has 4 nitrogen and oxygen atoms in total.